The Hall–Kier alpha value is -2.02. The van der Waals surface area contributed by atoms with E-state index in [1.54, 1.807) is 19.2 Å². The number of sulfonamides is 1. The fourth-order valence-electron chi connectivity index (χ4n) is 1.75. The van der Waals surface area contributed by atoms with E-state index in [4.69, 9.17) is 5.73 Å². The zero-order valence-corrected chi connectivity index (χ0v) is 11.8. The van der Waals surface area contributed by atoms with E-state index in [0.717, 1.165) is 11.1 Å². The van der Waals surface area contributed by atoms with Crippen molar-refractivity contribution in [1.82, 2.24) is 9.78 Å². The number of rotatable bonds is 3. The molecule has 19 heavy (non-hydrogen) atoms. The minimum atomic E-state index is -3.68. The number of aromatic nitrogens is 2. The molecule has 2 aromatic rings. The van der Waals surface area contributed by atoms with Gasteiger partial charge in [-0.3, -0.25) is 9.40 Å². The lowest BCUT2D eigenvalue weighted by Gasteiger charge is -2.12. The summed E-state index contributed by atoms with van der Waals surface area (Å²) in [7, 11) is -2.11. The standard InChI is InChI=1S/C12H16N4O2S/c1-8-6-10(13)11(7-9(8)2)15-19(17,18)12-4-5-14-16(12)3/h4-7,15H,13H2,1-3H3. The smallest absolute Gasteiger partial charge is 0.279 e. The van der Waals surface area contributed by atoms with E-state index in [2.05, 4.69) is 9.82 Å². The first-order chi connectivity index (χ1) is 8.81. The van der Waals surface area contributed by atoms with Crippen LogP contribution in [0, 0.1) is 13.8 Å². The molecule has 7 heteroatoms. The highest BCUT2D eigenvalue weighted by Crippen LogP contribution is 2.25. The van der Waals surface area contributed by atoms with E-state index in [9.17, 15) is 8.42 Å². The van der Waals surface area contributed by atoms with Crippen LogP contribution in [0.4, 0.5) is 11.4 Å². The number of benzene rings is 1. The first-order valence-electron chi connectivity index (χ1n) is 5.69. The van der Waals surface area contributed by atoms with Gasteiger partial charge in [-0.05, 0) is 43.2 Å². The summed E-state index contributed by atoms with van der Waals surface area (Å²) in [6, 6.07) is 4.90. The predicted octanol–water partition coefficient (Wildman–Crippen LogP) is 1.42. The Morgan fingerprint density at radius 3 is 2.47 bits per heavy atom. The monoisotopic (exact) mass is 280 g/mol. The number of hydrogen-bond acceptors (Lipinski definition) is 4. The van der Waals surface area contributed by atoms with Crippen LogP contribution in [0.15, 0.2) is 29.4 Å². The molecule has 102 valence electrons. The Bertz CT molecular complexity index is 719. The Balaban J connectivity index is 2.42. The molecule has 0 atom stereocenters. The van der Waals surface area contributed by atoms with Gasteiger partial charge in [0.1, 0.15) is 0 Å². The molecule has 3 N–H and O–H groups in total. The van der Waals surface area contributed by atoms with Crippen LogP contribution in [0.3, 0.4) is 0 Å². The maximum Gasteiger partial charge on any atom is 0.279 e. The summed E-state index contributed by atoms with van der Waals surface area (Å²) in [6.45, 7) is 3.82. The molecule has 1 aromatic carbocycles. The number of hydrogen-bond donors (Lipinski definition) is 2. The van der Waals surface area contributed by atoms with Gasteiger partial charge in [-0.15, -0.1) is 0 Å². The molecule has 0 radical (unpaired) electrons. The van der Waals surface area contributed by atoms with Crippen molar-refractivity contribution in [3.63, 3.8) is 0 Å². The fraction of sp³-hybridized carbons (Fsp3) is 0.250. The highest BCUT2D eigenvalue weighted by atomic mass is 32.2. The minimum Gasteiger partial charge on any atom is -0.397 e. The molecule has 2 rings (SSSR count). The summed E-state index contributed by atoms with van der Waals surface area (Å²) in [5, 5.41) is 3.93. The molecule has 0 unspecified atom stereocenters. The van der Waals surface area contributed by atoms with E-state index >= 15 is 0 Å². The highest BCUT2D eigenvalue weighted by molar-refractivity contribution is 7.92. The lowest BCUT2D eigenvalue weighted by atomic mass is 10.1. The lowest BCUT2D eigenvalue weighted by molar-refractivity contribution is 0.582. The molecule has 0 aliphatic heterocycles. The maximum atomic E-state index is 12.2. The normalized spacial score (nSPS) is 11.5. The largest absolute Gasteiger partial charge is 0.397 e. The average Bonchev–Trinajstić information content (AvgIpc) is 2.73. The number of nitrogens with one attached hydrogen (secondary N) is 1. The maximum absolute atomic E-state index is 12.2. The summed E-state index contributed by atoms with van der Waals surface area (Å²) in [4.78, 5) is 0. The summed E-state index contributed by atoms with van der Waals surface area (Å²) >= 11 is 0. The van der Waals surface area contributed by atoms with Crippen molar-refractivity contribution in [3.8, 4) is 0 Å². The summed E-state index contributed by atoms with van der Waals surface area (Å²) in [5.74, 6) is 0. The minimum absolute atomic E-state index is 0.0881. The summed E-state index contributed by atoms with van der Waals surface area (Å²) in [6.07, 6.45) is 1.43. The van der Waals surface area contributed by atoms with Gasteiger partial charge < -0.3 is 5.73 Å². The molecule has 0 spiro atoms. The number of aryl methyl sites for hydroxylation is 3. The molecule has 1 heterocycles. The Labute approximate surface area is 112 Å². The molecular formula is C12H16N4O2S. The van der Waals surface area contributed by atoms with Gasteiger partial charge in [0.25, 0.3) is 10.0 Å². The fourth-order valence-corrected chi connectivity index (χ4v) is 2.96. The number of anilines is 2. The van der Waals surface area contributed by atoms with Crippen LogP contribution in [0.1, 0.15) is 11.1 Å². The van der Waals surface area contributed by atoms with Gasteiger partial charge in [0.05, 0.1) is 17.6 Å². The summed E-state index contributed by atoms with van der Waals surface area (Å²) in [5.41, 5.74) is 8.60. The molecule has 0 amide bonds. The lowest BCUT2D eigenvalue weighted by Crippen LogP contribution is -2.17. The van der Waals surface area contributed by atoms with Gasteiger partial charge in [0, 0.05) is 7.05 Å². The van der Waals surface area contributed by atoms with E-state index < -0.39 is 10.0 Å². The second-order valence-corrected chi connectivity index (χ2v) is 6.05. The van der Waals surface area contributed by atoms with Crippen LogP contribution >= 0.6 is 0 Å². The van der Waals surface area contributed by atoms with Crippen LogP contribution < -0.4 is 10.5 Å². The van der Waals surface area contributed by atoms with Crippen LogP contribution in [0.25, 0.3) is 0 Å². The van der Waals surface area contributed by atoms with E-state index in [1.807, 2.05) is 13.8 Å². The van der Waals surface area contributed by atoms with Crippen LogP contribution in [-0.4, -0.2) is 18.2 Å². The van der Waals surface area contributed by atoms with Crippen molar-refractivity contribution >= 4 is 21.4 Å². The predicted molar refractivity (Wildman–Crippen MR) is 74.3 cm³/mol. The van der Waals surface area contributed by atoms with Gasteiger partial charge in [-0.25, -0.2) is 0 Å². The Morgan fingerprint density at radius 1 is 1.26 bits per heavy atom. The van der Waals surface area contributed by atoms with Crippen molar-refractivity contribution in [2.75, 3.05) is 10.5 Å². The van der Waals surface area contributed by atoms with Crippen molar-refractivity contribution < 1.29 is 8.42 Å². The third-order valence-corrected chi connectivity index (χ3v) is 4.40. The Kier molecular flexibility index (Phi) is 3.23. The molecule has 0 fully saturated rings. The third-order valence-electron chi connectivity index (χ3n) is 2.96. The van der Waals surface area contributed by atoms with E-state index in [1.165, 1.54) is 16.9 Å². The second kappa shape index (κ2) is 4.58. The third kappa shape index (κ3) is 2.55. The van der Waals surface area contributed by atoms with Gasteiger partial charge in [0.15, 0.2) is 5.03 Å². The molecule has 0 saturated carbocycles. The van der Waals surface area contributed by atoms with E-state index in [0.29, 0.717) is 11.4 Å². The molecule has 1 aromatic heterocycles. The molecular weight excluding hydrogens is 264 g/mol. The number of nitrogens with two attached hydrogens (primary N) is 1. The second-order valence-electron chi connectivity index (χ2n) is 4.42. The molecule has 0 bridgehead atoms. The van der Waals surface area contributed by atoms with Crippen molar-refractivity contribution in [2.24, 2.45) is 7.05 Å². The molecule has 0 aliphatic carbocycles. The van der Waals surface area contributed by atoms with Crippen molar-refractivity contribution in [1.29, 1.82) is 0 Å². The van der Waals surface area contributed by atoms with Crippen LogP contribution in [0.5, 0.6) is 0 Å². The van der Waals surface area contributed by atoms with Gasteiger partial charge in [-0.2, -0.15) is 13.5 Å². The van der Waals surface area contributed by atoms with E-state index in [-0.39, 0.29) is 5.03 Å². The quantitative estimate of drug-likeness (QED) is 0.832. The van der Waals surface area contributed by atoms with Crippen molar-refractivity contribution in [3.05, 3.63) is 35.5 Å². The SMILES string of the molecule is Cc1cc(N)c(NS(=O)(=O)c2ccnn2C)cc1C. The summed E-state index contributed by atoms with van der Waals surface area (Å²) < 4.78 is 28.2. The molecule has 0 saturated heterocycles. The highest BCUT2D eigenvalue weighted by Gasteiger charge is 2.19. The first kappa shape index (κ1) is 13.4. The van der Waals surface area contributed by atoms with Gasteiger partial charge >= 0.3 is 0 Å². The zero-order valence-electron chi connectivity index (χ0n) is 11.0. The Morgan fingerprint density at radius 2 is 1.89 bits per heavy atom. The van der Waals surface area contributed by atoms with Crippen LogP contribution in [-0.2, 0) is 17.1 Å². The first-order valence-corrected chi connectivity index (χ1v) is 7.17. The zero-order chi connectivity index (χ0) is 14.2. The van der Waals surface area contributed by atoms with Crippen LogP contribution in [0.2, 0.25) is 0 Å². The average molecular weight is 280 g/mol. The molecule has 6 nitrogen and oxygen atoms in total. The molecule has 0 aliphatic rings. The van der Waals surface area contributed by atoms with Gasteiger partial charge in [0.2, 0.25) is 0 Å². The van der Waals surface area contributed by atoms with Gasteiger partial charge in [-0.1, -0.05) is 0 Å². The number of nitrogen functional groups attached to an aromatic ring is 1. The topological polar surface area (TPSA) is 90.0 Å². The van der Waals surface area contributed by atoms with Crippen molar-refractivity contribution in [2.45, 2.75) is 18.9 Å². The number of nitrogens with zero attached hydrogens (tertiary/aromatic N) is 2.